The van der Waals surface area contributed by atoms with E-state index >= 15 is 0 Å². The maximum atomic E-state index is 5.42. The van der Waals surface area contributed by atoms with Crippen molar-refractivity contribution in [3.63, 3.8) is 0 Å². The highest BCUT2D eigenvalue weighted by atomic mass is 16.5. The SMILES string of the molecule is c1ccc(N2CCCC2)c(CNCCC2CCOC2)c1. The van der Waals surface area contributed by atoms with Gasteiger partial charge in [-0.2, -0.15) is 0 Å². The summed E-state index contributed by atoms with van der Waals surface area (Å²) < 4.78 is 5.42. The lowest BCUT2D eigenvalue weighted by molar-refractivity contribution is 0.184. The van der Waals surface area contributed by atoms with Crippen molar-refractivity contribution in [2.45, 2.75) is 32.2 Å². The number of para-hydroxylation sites is 1. The molecule has 1 unspecified atom stereocenters. The van der Waals surface area contributed by atoms with Gasteiger partial charge in [0.25, 0.3) is 0 Å². The van der Waals surface area contributed by atoms with E-state index in [4.69, 9.17) is 4.74 Å². The van der Waals surface area contributed by atoms with Gasteiger partial charge in [-0.05, 0) is 49.8 Å². The van der Waals surface area contributed by atoms with Gasteiger partial charge in [0.2, 0.25) is 0 Å². The van der Waals surface area contributed by atoms with Crippen LogP contribution >= 0.6 is 0 Å². The Hall–Kier alpha value is -1.06. The number of nitrogens with one attached hydrogen (secondary N) is 1. The second-order valence-corrected chi connectivity index (χ2v) is 6.02. The molecule has 3 heteroatoms. The molecule has 2 saturated heterocycles. The molecule has 0 aromatic heterocycles. The van der Waals surface area contributed by atoms with Gasteiger partial charge in [-0.3, -0.25) is 0 Å². The van der Waals surface area contributed by atoms with Crippen LogP contribution in [0.25, 0.3) is 0 Å². The molecular formula is C17H26N2O. The Kier molecular flexibility index (Phi) is 4.93. The lowest BCUT2D eigenvalue weighted by Crippen LogP contribution is -2.23. The van der Waals surface area contributed by atoms with Crippen LogP contribution in [0, 0.1) is 5.92 Å². The molecular weight excluding hydrogens is 248 g/mol. The van der Waals surface area contributed by atoms with Gasteiger partial charge in [-0.25, -0.2) is 0 Å². The second-order valence-electron chi connectivity index (χ2n) is 6.02. The van der Waals surface area contributed by atoms with E-state index in [1.54, 1.807) is 0 Å². The largest absolute Gasteiger partial charge is 0.381 e. The standard InChI is InChI=1S/C17H26N2O/c1-2-6-17(19-10-3-4-11-19)16(5-1)13-18-9-7-15-8-12-20-14-15/h1-2,5-6,15,18H,3-4,7-14H2. The summed E-state index contributed by atoms with van der Waals surface area (Å²) in [7, 11) is 0. The molecule has 2 heterocycles. The highest BCUT2D eigenvalue weighted by molar-refractivity contribution is 5.54. The Morgan fingerprint density at radius 2 is 2.05 bits per heavy atom. The summed E-state index contributed by atoms with van der Waals surface area (Å²) in [5.41, 5.74) is 2.87. The maximum absolute atomic E-state index is 5.42. The molecule has 1 N–H and O–H groups in total. The van der Waals surface area contributed by atoms with E-state index in [2.05, 4.69) is 34.5 Å². The number of rotatable bonds is 6. The van der Waals surface area contributed by atoms with Crippen molar-refractivity contribution < 1.29 is 4.74 Å². The lowest BCUT2D eigenvalue weighted by Gasteiger charge is -2.21. The summed E-state index contributed by atoms with van der Waals surface area (Å²) in [4.78, 5) is 2.53. The monoisotopic (exact) mass is 274 g/mol. The van der Waals surface area contributed by atoms with Crippen LogP contribution in [-0.4, -0.2) is 32.8 Å². The van der Waals surface area contributed by atoms with E-state index in [-0.39, 0.29) is 0 Å². The van der Waals surface area contributed by atoms with Crippen LogP contribution in [0.2, 0.25) is 0 Å². The number of nitrogens with zero attached hydrogens (tertiary/aromatic N) is 1. The normalized spacial score (nSPS) is 22.6. The average Bonchev–Trinajstić information content (AvgIpc) is 3.17. The van der Waals surface area contributed by atoms with Crippen molar-refractivity contribution in [1.29, 1.82) is 0 Å². The molecule has 2 fully saturated rings. The Morgan fingerprint density at radius 1 is 1.20 bits per heavy atom. The van der Waals surface area contributed by atoms with Gasteiger partial charge in [0, 0.05) is 38.5 Å². The van der Waals surface area contributed by atoms with E-state index in [1.807, 2.05) is 0 Å². The average molecular weight is 274 g/mol. The van der Waals surface area contributed by atoms with Crippen LogP contribution < -0.4 is 10.2 Å². The third-order valence-corrected chi connectivity index (χ3v) is 4.51. The number of benzene rings is 1. The van der Waals surface area contributed by atoms with Gasteiger partial charge in [-0.1, -0.05) is 18.2 Å². The molecule has 0 aliphatic carbocycles. The molecule has 20 heavy (non-hydrogen) atoms. The van der Waals surface area contributed by atoms with E-state index in [1.165, 1.54) is 50.0 Å². The van der Waals surface area contributed by atoms with Crippen molar-refractivity contribution in [2.24, 2.45) is 5.92 Å². The molecule has 0 spiro atoms. The summed E-state index contributed by atoms with van der Waals surface area (Å²) in [5, 5.41) is 3.61. The first-order chi connectivity index (χ1) is 9.93. The zero-order valence-electron chi connectivity index (χ0n) is 12.3. The summed E-state index contributed by atoms with van der Waals surface area (Å²) in [6, 6.07) is 8.85. The van der Waals surface area contributed by atoms with Gasteiger partial charge in [0.1, 0.15) is 0 Å². The predicted molar refractivity (Wildman–Crippen MR) is 83.1 cm³/mol. The van der Waals surface area contributed by atoms with Gasteiger partial charge < -0.3 is 15.0 Å². The summed E-state index contributed by atoms with van der Waals surface area (Å²) in [6.45, 7) is 6.45. The van der Waals surface area contributed by atoms with Gasteiger partial charge >= 0.3 is 0 Å². The van der Waals surface area contributed by atoms with Crippen molar-refractivity contribution in [2.75, 3.05) is 37.7 Å². The molecule has 0 radical (unpaired) electrons. The van der Waals surface area contributed by atoms with Crippen molar-refractivity contribution in [3.05, 3.63) is 29.8 Å². The first-order valence-electron chi connectivity index (χ1n) is 8.05. The smallest absolute Gasteiger partial charge is 0.0495 e. The predicted octanol–water partition coefficient (Wildman–Crippen LogP) is 2.80. The van der Waals surface area contributed by atoms with Crippen LogP contribution in [-0.2, 0) is 11.3 Å². The number of anilines is 1. The molecule has 2 aliphatic rings. The highest BCUT2D eigenvalue weighted by Crippen LogP contribution is 2.24. The third kappa shape index (κ3) is 3.53. The molecule has 0 saturated carbocycles. The van der Waals surface area contributed by atoms with Crippen LogP contribution in [0.1, 0.15) is 31.2 Å². The topological polar surface area (TPSA) is 24.5 Å². The number of hydrogen-bond donors (Lipinski definition) is 1. The van der Waals surface area contributed by atoms with Crippen LogP contribution in [0.4, 0.5) is 5.69 Å². The summed E-state index contributed by atoms with van der Waals surface area (Å²) in [5.74, 6) is 0.774. The number of ether oxygens (including phenoxy) is 1. The Bertz CT molecular complexity index is 409. The van der Waals surface area contributed by atoms with Crippen LogP contribution in [0.15, 0.2) is 24.3 Å². The fraction of sp³-hybridized carbons (Fsp3) is 0.647. The van der Waals surface area contributed by atoms with Crippen molar-refractivity contribution >= 4 is 5.69 Å². The van der Waals surface area contributed by atoms with E-state index < -0.39 is 0 Å². The molecule has 1 aromatic rings. The quantitative estimate of drug-likeness (QED) is 0.807. The molecule has 0 bridgehead atoms. The fourth-order valence-electron chi connectivity index (χ4n) is 3.27. The Morgan fingerprint density at radius 3 is 2.85 bits per heavy atom. The molecule has 110 valence electrons. The zero-order chi connectivity index (χ0) is 13.6. The molecule has 3 nitrogen and oxygen atoms in total. The maximum Gasteiger partial charge on any atom is 0.0495 e. The van der Waals surface area contributed by atoms with Gasteiger partial charge in [0.15, 0.2) is 0 Å². The zero-order valence-corrected chi connectivity index (χ0v) is 12.3. The van der Waals surface area contributed by atoms with Gasteiger partial charge in [-0.15, -0.1) is 0 Å². The van der Waals surface area contributed by atoms with E-state index in [0.717, 1.165) is 32.2 Å². The summed E-state index contributed by atoms with van der Waals surface area (Å²) >= 11 is 0. The Balaban J connectivity index is 1.49. The van der Waals surface area contributed by atoms with Gasteiger partial charge in [0.05, 0.1) is 0 Å². The third-order valence-electron chi connectivity index (χ3n) is 4.51. The number of hydrogen-bond acceptors (Lipinski definition) is 3. The van der Waals surface area contributed by atoms with Crippen LogP contribution in [0.3, 0.4) is 0 Å². The molecule has 3 rings (SSSR count). The molecule has 2 aliphatic heterocycles. The molecule has 0 amide bonds. The molecule has 1 aromatic carbocycles. The first-order valence-corrected chi connectivity index (χ1v) is 8.05. The van der Waals surface area contributed by atoms with E-state index in [9.17, 15) is 0 Å². The lowest BCUT2D eigenvalue weighted by atomic mass is 10.1. The highest BCUT2D eigenvalue weighted by Gasteiger charge is 2.16. The van der Waals surface area contributed by atoms with E-state index in [0.29, 0.717) is 0 Å². The fourth-order valence-corrected chi connectivity index (χ4v) is 3.27. The van der Waals surface area contributed by atoms with Crippen molar-refractivity contribution in [3.8, 4) is 0 Å². The second kappa shape index (κ2) is 7.09. The first kappa shape index (κ1) is 13.9. The minimum absolute atomic E-state index is 0.774. The Labute approximate surface area is 122 Å². The minimum atomic E-state index is 0.774. The minimum Gasteiger partial charge on any atom is -0.381 e. The van der Waals surface area contributed by atoms with Crippen LogP contribution in [0.5, 0.6) is 0 Å². The summed E-state index contributed by atoms with van der Waals surface area (Å²) in [6.07, 6.45) is 5.16. The van der Waals surface area contributed by atoms with Crippen molar-refractivity contribution in [1.82, 2.24) is 5.32 Å². The molecule has 1 atom stereocenters.